The van der Waals surface area contributed by atoms with Gasteiger partial charge in [-0.3, -0.25) is 4.79 Å². The second-order valence-corrected chi connectivity index (χ2v) is 4.30. The number of aromatic nitrogens is 1. The molecule has 92 valence electrons. The van der Waals surface area contributed by atoms with Crippen LogP contribution in [0.1, 0.15) is 29.6 Å². The fourth-order valence-electron chi connectivity index (χ4n) is 1.58. The molecule has 2 rings (SSSR count). The number of nitrogens with zero attached hydrogens (tertiary/aromatic N) is 1. The van der Waals surface area contributed by atoms with Gasteiger partial charge < -0.3 is 16.4 Å². The number of pyridine rings is 1. The summed E-state index contributed by atoms with van der Waals surface area (Å²) in [5.41, 5.74) is 5.68. The van der Waals surface area contributed by atoms with Gasteiger partial charge in [-0.15, -0.1) is 0 Å². The molecular formula is C12H18N4O. The minimum atomic E-state index is -0.425. The maximum absolute atomic E-state index is 11.0. The standard InChI is InChI=1S/C12H18N4O/c13-12(17)9-4-7-16-11(8-9)15-6-1-5-14-10-2-3-10/h4,7-8,10,14H,1-3,5-6H2,(H2,13,17)(H,15,16). The number of primary amides is 1. The third-order valence-corrected chi connectivity index (χ3v) is 2.71. The SMILES string of the molecule is NC(=O)c1ccnc(NCCCNC2CC2)c1. The number of nitrogens with two attached hydrogens (primary N) is 1. The summed E-state index contributed by atoms with van der Waals surface area (Å²) in [5, 5.41) is 6.61. The molecule has 1 heterocycles. The molecule has 1 aliphatic rings. The predicted octanol–water partition coefficient (Wildman–Crippen LogP) is 0.734. The second-order valence-electron chi connectivity index (χ2n) is 4.30. The van der Waals surface area contributed by atoms with Crippen molar-refractivity contribution >= 4 is 11.7 Å². The molecule has 0 bridgehead atoms. The second kappa shape index (κ2) is 5.63. The van der Waals surface area contributed by atoms with E-state index in [1.165, 1.54) is 12.8 Å². The van der Waals surface area contributed by atoms with Gasteiger partial charge >= 0.3 is 0 Å². The molecule has 5 nitrogen and oxygen atoms in total. The van der Waals surface area contributed by atoms with E-state index in [0.29, 0.717) is 11.4 Å². The lowest BCUT2D eigenvalue weighted by atomic mass is 10.2. The van der Waals surface area contributed by atoms with E-state index >= 15 is 0 Å². The smallest absolute Gasteiger partial charge is 0.248 e. The highest BCUT2D eigenvalue weighted by Crippen LogP contribution is 2.18. The summed E-state index contributed by atoms with van der Waals surface area (Å²) >= 11 is 0. The van der Waals surface area contributed by atoms with Gasteiger partial charge in [0.25, 0.3) is 0 Å². The molecule has 1 aromatic rings. The van der Waals surface area contributed by atoms with E-state index < -0.39 is 5.91 Å². The first-order valence-corrected chi connectivity index (χ1v) is 5.99. The van der Waals surface area contributed by atoms with E-state index in [-0.39, 0.29) is 0 Å². The summed E-state index contributed by atoms with van der Waals surface area (Å²) in [5.74, 6) is 0.276. The van der Waals surface area contributed by atoms with Crippen LogP contribution in [0.5, 0.6) is 0 Å². The Kier molecular flexibility index (Phi) is 3.93. The third kappa shape index (κ3) is 4.03. The van der Waals surface area contributed by atoms with Crippen LogP contribution < -0.4 is 16.4 Å². The summed E-state index contributed by atoms with van der Waals surface area (Å²) in [6, 6.07) is 4.05. The van der Waals surface area contributed by atoms with E-state index in [1.54, 1.807) is 18.3 Å². The average molecular weight is 234 g/mol. The molecule has 0 saturated heterocycles. The molecule has 17 heavy (non-hydrogen) atoms. The molecule has 0 atom stereocenters. The first-order chi connectivity index (χ1) is 8.25. The molecule has 0 radical (unpaired) electrons. The molecule has 0 aromatic carbocycles. The Morgan fingerprint density at radius 2 is 2.29 bits per heavy atom. The minimum absolute atomic E-state index is 0.425. The summed E-state index contributed by atoms with van der Waals surface area (Å²) in [7, 11) is 0. The monoisotopic (exact) mass is 234 g/mol. The quantitative estimate of drug-likeness (QED) is 0.608. The lowest BCUT2D eigenvalue weighted by Crippen LogP contribution is -2.20. The molecule has 1 amide bonds. The van der Waals surface area contributed by atoms with Gasteiger partial charge in [-0.25, -0.2) is 4.98 Å². The number of amides is 1. The Morgan fingerprint density at radius 1 is 1.47 bits per heavy atom. The van der Waals surface area contributed by atoms with Crippen LogP contribution in [0.4, 0.5) is 5.82 Å². The van der Waals surface area contributed by atoms with Gasteiger partial charge in [-0.05, 0) is 37.9 Å². The molecule has 0 aliphatic heterocycles. The number of hydrogen-bond donors (Lipinski definition) is 3. The number of nitrogens with one attached hydrogen (secondary N) is 2. The lowest BCUT2D eigenvalue weighted by molar-refractivity contribution is 0.1000. The van der Waals surface area contributed by atoms with E-state index in [9.17, 15) is 4.79 Å². The van der Waals surface area contributed by atoms with E-state index in [0.717, 1.165) is 25.6 Å². The van der Waals surface area contributed by atoms with E-state index in [4.69, 9.17) is 5.73 Å². The lowest BCUT2D eigenvalue weighted by Gasteiger charge is -2.06. The van der Waals surface area contributed by atoms with Gasteiger partial charge in [0.2, 0.25) is 5.91 Å². The Labute approximate surface area is 101 Å². The largest absolute Gasteiger partial charge is 0.370 e. The van der Waals surface area contributed by atoms with Gasteiger partial charge in [0.05, 0.1) is 0 Å². The molecule has 4 N–H and O–H groups in total. The predicted molar refractivity (Wildman–Crippen MR) is 66.9 cm³/mol. The molecule has 1 fully saturated rings. The van der Waals surface area contributed by atoms with Crippen LogP contribution in [0.25, 0.3) is 0 Å². The highest BCUT2D eigenvalue weighted by atomic mass is 16.1. The maximum atomic E-state index is 11.0. The molecule has 0 spiro atoms. The van der Waals surface area contributed by atoms with Crippen LogP contribution >= 0.6 is 0 Å². The van der Waals surface area contributed by atoms with Gasteiger partial charge in [-0.1, -0.05) is 0 Å². The van der Waals surface area contributed by atoms with Crippen molar-refractivity contribution in [2.24, 2.45) is 5.73 Å². The van der Waals surface area contributed by atoms with Crippen molar-refractivity contribution < 1.29 is 4.79 Å². The minimum Gasteiger partial charge on any atom is -0.370 e. The fraction of sp³-hybridized carbons (Fsp3) is 0.500. The number of carbonyl (C=O) groups excluding carboxylic acids is 1. The van der Waals surface area contributed by atoms with Crippen molar-refractivity contribution in [2.45, 2.75) is 25.3 Å². The Morgan fingerprint density at radius 3 is 3.00 bits per heavy atom. The van der Waals surface area contributed by atoms with E-state index in [2.05, 4.69) is 15.6 Å². The van der Waals surface area contributed by atoms with Crippen LogP contribution in [0.3, 0.4) is 0 Å². The van der Waals surface area contributed by atoms with Crippen molar-refractivity contribution in [2.75, 3.05) is 18.4 Å². The van der Waals surface area contributed by atoms with Crippen LogP contribution in [0.15, 0.2) is 18.3 Å². The Bertz CT molecular complexity index is 390. The molecule has 1 aliphatic carbocycles. The van der Waals surface area contributed by atoms with Crippen LogP contribution in [0, 0.1) is 0 Å². The first kappa shape index (κ1) is 11.9. The first-order valence-electron chi connectivity index (χ1n) is 5.99. The van der Waals surface area contributed by atoms with Gasteiger partial charge in [0, 0.05) is 24.3 Å². The van der Waals surface area contributed by atoms with Crippen LogP contribution in [0.2, 0.25) is 0 Å². The van der Waals surface area contributed by atoms with Gasteiger partial charge in [0.15, 0.2) is 0 Å². The van der Waals surface area contributed by atoms with Gasteiger partial charge in [0.1, 0.15) is 5.82 Å². The van der Waals surface area contributed by atoms with E-state index in [1.807, 2.05) is 0 Å². The normalized spacial score (nSPS) is 14.6. The fourth-order valence-corrected chi connectivity index (χ4v) is 1.58. The summed E-state index contributed by atoms with van der Waals surface area (Å²) < 4.78 is 0. The highest BCUT2D eigenvalue weighted by molar-refractivity contribution is 5.93. The van der Waals surface area contributed by atoms with Crippen LogP contribution in [-0.4, -0.2) is 30.0 Å². The van der Waals surface area contributed by atoms with Crippen molar-refractivity contribution in [3.05, 3.63) is 23.9 Å². The van der Waals surface area contributed by atoms with Crippen LogP contribution in [-0.2, 0) is 0 Å². The molecule has 5 heteroatoms. The summed E-state index contributed by atoms with van der Waals surface area (Å²) in [4.78, 5) is 15.1. The Balaban J connectivity index is 1.70. The number of carbonyl (C=O) groups is 1. The van der Waals surface area contributed by atoms with Crippen molar-refractivity contribution in [3.8, 4) is 0 Å². The zero-order valence-corrected chi connectivity index (χ0v) is 9.78. The topological polar surface area (TPSA) is 80.0 Å². The van der Waals surface area contributed by atoms with Crippen molar-refractivity contribution in [1.29, 1.82) is 0 Å². The molecule has 1 saturated carbocycles. The third-order valence-electron chi connectivity index (χ3n) is 2.71. The average Bonchev–Trinajstić information content (AvgIpc) is 3.13. The summed E-state index contributed by atoms with van der Waals surface area (Å²) in [6.07, 6.45) is 5.26. The van der Waals surface area contributed by atoms with Crippen molar-refractivity contribution in [1.82, 2.24) is 10.3 Å². The molecule has 0 unspecified atom stereocenters. The summed E-state index contributed by atoms with van der Waals surface area (Å²) in [6.45, 7) is 1.86. The van der Waals surface area contributed by atoms with Gasteiger partial charge in [-0.2, -0.15) is 0 Å². The number of hydrogen-bond acceptors (Lipinski definition) is 4. The zero-order chi connectivity index (χ0) is 12.1. The number of rotatable bonds is 7. The Hall–Kier alpha value is -1.62. The maximum Gasteiger partial charge on any atom is 0.248 e. The zero-order valence-electron chi connectivity index (χ0n) is 9.78. The number of anilines is 1. The molecule has 1 aromatic heterocycles. The highest BCUT2D eigenvalue weighted by Gasteiger charge is 2.19. The van der Waals surface area contributed by atoms with Crippen molar-refractivity contribution in [3.63, 3.8) is 0 Å². The molecular weight excluding hydrogens is 216 g/mol.